The number of hydrogen-bond acceptors (Lipinski definition) is 4. The number of aliphatic hydroxyl groups is 1. The SMILES string of the molecule is CC(O)(CNC(=O)c1ccc[nH]c1=O)c1cccs1. The summed E-state index contributed by atoms with van der Waals surface area (Å²) in [6.45, 7) is 1.66. The highest BCUT2D eigenvalue weighted by atomic mass is 32.1. The van der Waals surface area contributed by atoms with E-state index in [4.69, 9.17) is 0 Å². The number of carbonyl (C=O) groups excluding carboxylic acids is 1. The summed E-state index contributed by atoms with van der Waals surface area (Å²) in [6, 6.07) is 6.64. The Morgan fingerprint density at radius 3 is 2.89 bits per heavy atom. The smallest absolute Gasteiger partial charge is 0.260 e. The highest BCUT2D eigenvalue weighted by molar-refractivity contribution is 7.10. The molecule has 3 N–H and O–H groups in total. The van der Waals surface area contributed by atoms with E-state index in [1.165, 1.54) is 23.6 Å². The summed E-state index contributed by atoms with van der Waals surface area (Å²) in [7, 11) is 0. The third kappa shape index (κ3) is 3.10. The number of hydrogen-bond donors (Lipinski definition) is 3. The van der Waals surface area contributed by atoms with Crippen LogP contribution in [0.25, 0.3) is 0 Å². The van der Waals surface area contributed by atoms with Gasteiger partial charge in [0.25, 0.3) is 11.5 Å². The normalized spacial score (nSPS) is 13.8. The van der Waals surface area contributed by atoms with Gasteiger partial charge >= 0.3 is 0 Å². The third-order valence-electron chi connectivity index (χ3n) is 2.71. The van der Waals surface area contributed by atoms with Gasteiger partial charge < -0.3 is 15.4 Å². The molecule has 1 atom stereocenters. The Hall–Kier alpha value is -1.92. The Kier molecular flexibility index (Phi) is 3.82. The van der Waals surface area contributed by atoms with E-state index >= 15 is 0 Å². The van der Waals surface area contributed by atoms with Crippen molar-refractivity contribution in [3.8, 4) is 0 Å². The van der Waals surface area contributed by atoms with E-state index in [1.807, 2.05) is 11.4 Å². The van der Waals surface area contributed by atoms with Crippen LogP contribution in [0.2, 0.25) is 0 Å². The molecule has 1 amide bonds. The van der Waals surface area contributed by atoms with Crippen molar-refractivity contribution in [2.75, 3.05) is 6.54 Å². The summed E-state index contributed by atoms with van der Waals surface area (Å²) in [5, 5.41) is 14.7. The summed E-state index contributed by atoms with van der Waals surface area (Å²) < 4.78 is 0. The molecular weight excluding hydrogens is 264 g/mol. The molecular formula is C13H14N2O3S. The molecule has 0 radical (unpaired) electrons. The van der Waals surface area contributed by atoms with Gasteiger partial charge in [0.2, 0.25) is 0 Å². The van der Waals surface area contributed by atoms with Crippen molar-refractivity contribution in [2.24, 2.45) is 0 Å². The summed E-state index contributed by atoms with van der Waals surface area (Å²) >= 11 is 1.41. The Morgan fingerprint density at radius 2 is 2.26 bits per heavy atom. The molecule has 0 aliphatic rings. The van der Waals surface area contributed by atoms with Crippen molar-refractivity contribution >= 4 is 17.2 Å². The molecule has 100 valence electrons. The van der Waals surface area contributed by atoms with Gasteiger partial charge in [-0.25, -0.2) is 0 Å². The van der Waals surface area contributed by atoms with Gasteiger partial charge in [0, 0.05) is 11.1 Å². The number of pyridine rings is 1. The number of amides is 1. The number of carbonyl (C=O) groups is 1. The quantitative estimate of drug-likeness (QED) is 0.782. The van der Waals surface area contributed by atoms with E-state index in [1.54, 1.807) is 19.1 Å². The van der Waals surface area contributed by atoms with E-state index in [0.717, 1.165) is 4.88 Å². The van der Waals surface area contributed by atoms with Crippen molar-refractivity contribution in [3.05, 3.63) is 56.6 Å². The van der Waals surface area contributed by atoms with Gasteiger partial charge in [-0.2, -0.15) is 0 Å². The maximum atomic E-state index is 11.8. The molecule has 0 saturated carbocycles. The molecule has 19 heavy (non-hydrogen) atoms. The number of H-pyrrole nitrogens is 1. The summed E-state index contributed by atoms with van der Waals surface area (Å²) in [5.74, 6) is -0.501. The van der Waals surface area contributed by atoms with Crippen LogP contribution in [-0.4, -0.2) is 22.5 Å². The summed E-state index contributed by atoms with van der Waals surface area (Å²) in [5.41, 5.74) is -1.56. The number of aromatic nitrogens is 1. The molecule has 0 aliphatic heterocycles. The van der Waals surface area contributed by atoms with Gasteiger partial charge in [-0.1, -0.05) is 6.07 Å². The van der Waals surface area contributed by atoms with Crippen molar-refractivity contribution in [1.82, 2.24) is 10.3 Å². The number of rotatable bonds is 4. The van der Waals surface area contributed by atoms with Crippen LogP contribution in [0.4, 0.5) is 0 Å². The van der Waals surface area contributed by atoms with E-state index in [9.17, 15) is 14.7 Å². The molecule has 6 heteroatoms. The van der Waals surface area contributed by atoms with Crippen molar-refractivity contribution in [3.63, 3.8) is 0 Å². The topological polar surface area (TPSA) is 82.2 Å². The van der Waals surface area contributed by atoms with Crippen LogP contribution in [0.1, 0.15) is 22.2 Å². The molecule has 2 rings (SSSR count). The average Bonchev–Trinajstić information content (AvgIpc) is 2.91. The van der Waals surface area contributed by atoms with Crippen LogP contribution in [0.5, 0.6) is 0 Å². The minimum absolute atomic E-state index is 0.0319. The molecule has 1 unspecified atom stereocenters. The largest absolute Gasteiger partial charge is 0.383 e. The van der Waals surface area contributed by atoms with Gasteiger partial charge in [-0.3, -0.25) is 9.59 Å². The number of nitrogens with one attached hydrogen (secondary N) is 2. The third-order valence-corrected chi connectivity index (χ3v) is 3.83. The molecule has 2 aromatic heterocycles. The van der Waals surface area contributed by atoms with E-state index in [-0.39, 0.29) is 12.1 Å². The second-order valence-corrected chi connectivity index (χ2v) is 5.29. The first-order chi connectivity index (χ1) is 9.00. The molecule has 0 bridgehead atoms. The van der Waals surface area contributed by atoms with E-state index in [2.05, 4.69) is 10.3 Å². The standard InChI is InChI=1S/C13H14N2O3S/c1-13(18,10-5-3-7-19-10)8-15-12(17)9-4-2-6-14-11(9)16/h2-7,18H,8H2,1H3,(H,14,16)(H,15,17). The fraction of sp³-hybridized carbons (Fsp3) is 0.231. The lowest BCUT2D eigenvalue weighted by Gasteiger charge is -2.22. The van der Waals surface area contributed by atoms with Crippen molar-refractivity contribution in [2.45, 2.75) is 12.5 Å². The monoisotopic (exact) mass is 278 g/mol. The minimum Gasteiger partial charge on any atom is -0.383 e. The Balaban J connectivity index is 2.05. The first kappa shape index (κ1) is 13.5. The van der Waals surface area contributed by atoms with Gasteiger partial charge in [0.1, 0.15) is 11.2 Å². The van der Waals surface area contributed by atoms with E-state index < -0.39 is 17.1 Å². The van der Waals surface area contributed by atoms with Crippen LogP contribution in [0.15, 0.2) is 40.6 Å². The lowest BCUT2D eigenvalue weighted by Crippen LogP contribution is -2.39. The maximum Gasteiger partial charge on any atom is 0.260 e. The molecule has 0 saturated heterocycles. The fourth-order valence-corrected chi connectivity index (χ4v) is 2.41. The fourth-order valence-electron chi connectivity index (χ4n) is 1.62. The summed E-state index contributed by atoms with van der Waals surface area (Å²) in [4.78, 5) is 26.5. The number of aromatic amines is 1. The van der Waals surface area contributed by atoms with Crippen molar-refractivity contribution < 1.29 is 9.90 Å². The Bertz CT molecular complexity index is 617. The zero-order chi connectivity index (χ0) is 13.9. The van der Waals surface area contributed by atoms with Crippen LogP contribution in [0, 0.1) is 0 Å². The van der Waals surface area contributed by atoms with Gasteiger partial charge in [0.05, 0.1) is 6.54 Å². The van der Waals surface area contributed by atoms with Crippen LogP contribution in [0.3, 0.4) is 0 Å². The molecule has 0 spiro atoms. The van der Waals surface area contributed by atoms with Crippen LogP contribution in [-0.2, 0) is 5.60 Å². The van der Waals surface area contributed by atoms with Gasteiger partial charge in [-0.05, 0) is 30.5 Å². The minimum atomic E-state index is -1.15. The van der Waals surface area contributed by atoms with Crippen LogP contribution < -0.4 is 10.9 Å². The predicted octanol–water partition coefficient (Wildman–Crippen LogP) is 1.07. The molecule has 5 nitrogen and oxygen atoms in total. The highest BCUT2D eigenvalue weighted by Gasteiger charge is 2.25. The van der Waals surface area contributed by atoms with Crippen LogP contribution >= 0.6 is 11.3 Å². The first-order valence-corrected chi connectivity index (χ1v) is 6.61. The predicted molar refractivity (Wildman–Crippen MR) is 73.3 cm³/mol. The zero-order valence-corrected chi connectivity index (χ0v) is 11.2. The van der Waals surface area contributed by atoms with Gasteiger partial charge in [0.15, 0.2) is 0 Å². The Labute approximate surface area is 113 Å². The molecule has 0 aromatic carbocycles. The summed E-state index contributed by atoms with van der Waals surface area (Å²) in [6.07, 6.45) is 1.46. The van der Waals surface area contributed by atoms with Crippen molar-refractivity contribution in [1.29, 1.82) is 0 Å². The molecule has 2 aromatic rings. The Morgan fingerprint density at radius 1 is 1.47 bits per heavy atom. The molecule has 0 fully saturated rings. The van der Waals surface area contributed by atoms with E-state index in [0.29, 0.717) is 0 Å². The zero-order valence-electron chi connectivity index (χ0n) is 10.3. The molecule has 2 heterocycles. The maximum absolute atomic E-state index is 11.8. The second kappa shape index (κ2) is 5.38. The molecule has 0 aliphatic carbocycles. The number of thiophene rings is 1. The first-order valence-electron chi connectivity index (χ1n) is 5.73. The lowest BCUT2D eigenvalue weighted by atomic mass is 10.1. The second-order valence-electron chi connectivity index (χ2n) is 4.35. The highest BCUT2D eigenvalue weighted by Crippen LogP contribution is 2.24. The average molecular weight is 278 g/mol. The lowest BCUT2D eigenvalue weighted by molar-refractivity contribution is 0.0556. The van der Waals surface area contributed by atoms with Gasteiger partial charge in [-0.15, -0.1) is 11.3 Å².